The predicted octanol–water partition coefficient (Wildman–Crippen LogP) is 1.68. The molecule has 1 aromatic rings. The highest BCUT2D eigenvalue weighted by Crippen LogP contribution is 2.26. The minimum absolute atomic E-state index is 0.0389. The van der Waals surface area contributed by atoms with E-state index in [0.717, 1.165) is 38.9 Å². The van der Waals surface area contributed by atoms with Gasteiger partial charge in [0.15, 0.2) is 0 Å². The summed E-state index contributed by atoms with van der Waals surface area (Å²) >= 11 is 0. The Labute approximate surface area is 107 Å². The van der Waals surface area contributed by atoms with E-state index in [2.05, 4.69) is 15.5 Å². The molecule has 0 bridgehead atoms. The lowest BCUT2D eigenvalue weighted by molar-refractivity contribution is 0.177. The van der Waals surface area contributed by atoms with E-state index in [1.54, 1.807) is 6.92 Å². The number of hydrogen-bond donors (Lipinski definition) is 1. The van der Waals surface area contributed by atoms with Crippen LogP contribution in [0, 0.1) is 6.92 Å². The first-order chi connectivity index (χ1) is 8.70. The number of aromatic nitrogens is 2. The van der Waals surface area contributed by atoms with Gasteiger partial charge in [0.1, 0.15) is 0 Å². The van der Waals surface area contributed by atoms with Crippen LogP contribution in [0.25, 0.3) is 0 Å². The van der Waals surface area contributed by atoms with E-state index in [4.69, 9.17) is 4.42 Å². The fourth-order valence-electron chi connectivity index (χ4n) is 2.15. The Morgan fingerprint density at radius 1 is 1.44 bits per heavy atom. The molecule has 2 amide bonds. The Morgan fingerprint density at radius 3 is 2.72 bits per heavy atom. The van der Waals surface area contributed by atoms with Gasteiger partial charge in [-0.2, -0.15) is 0 Å². The van der Waals surface area contributed by atoms with Crippen LogP contribution >= 0.6 is 0 Å². The average Bonchev–Trinajstić information content (AvgIpc) is 2.83. The quantitative estimate of drug-likeness (QED) is 0.888. The van der Waals surface area contributed by atoms with Crippen molar-refractivity contribution >= 4 is 6.03 Å². The fourth-order valence-corrected chi connectivity index (χ4v) is 2.15. The molecule has 1 N–H and O–H groups in total. The first kappa shape index (κ1) is 12.9. The van der Waals surface area contributed by atoms with E-state index < -0.39 is 0 Å². The zero-order valence-corrected chi connectivity index (χ0v) is 11.0. The maximum Gasteiger partial charge on any atom is 0.317 e. The van der Waals surface area contributed by atoms with Crippen LogP contribution in [-0.2, 0) is 0 Å². The largest absolute Gasteiger partial charge is 0.425 e. The Morgan fingerprint density at radius 2 is 2.17 bits per heavy atom. The van der Waals surface area contributed by atoms with Crippen LogP contribution in [-0.4, -0.2) is 40.8 Å². The molecule has 1 aromatic heterocycles. The van der Waals surface area contributed by atoms with Crippen molar-refractivity contribution in [1.29, 1.82) is 0 Å². The SMILES string of the molecule is CCCNC(=O)N1CCC(c2nnc(C)o2)CC1. The van der Waals surface area contributed by atoms with Gasteiger partial charge in [0.2, 0.25) is 11.8 Å². The van der Waals surface area contributed by atoms with E-state index in [9.17, 15) is 4.79 Å². The van der Waals surface area contributed by atoms with Crippen molar-refractivity contribution in [3.05, 3.63) is 11.8 Å². The maximum atomic E-state index is 11.8. The van der Waals surface area contributed by atoms with E-state index in [0.29, 0.717) is 17.7 Å². The Kier molecular flexibility index (Phi) is 4.17. The average molecular weight is 252 g/mol. The van der Waals surface area contributed by atoms with Crippen LogP contribution in [0.4, 0.5) is 4.79 Å². The molecule has 18 heavy (non-hydrogen) atoms. The number of rotatable bonds is 3. The molecule has 0 atom stereocenters. The molecule has 0 spiro atoms. The molecule has 1 aliphatic rings. The summed E-state index contributed by atoms with van der Waals surface area (Å²) in [7, 11) is 0. The van der Waals surface area contributed by atoms with Crippen molar-refractivity contribution in [3.8, 4) is 0 Å². The minimum Gasteiger partial charge on any atom is -0.425 e. The summed E-state index contributed by atoms with van der Waals surface area (Å²) < 4.78 is 5.44. The first-order valence-corrected chi connectivity index (χ1v) is 6.53. The topological polar surface area (TPSA) is 71.3 Å². The van der Waals surface area contributed by atoms with Gasteiger partial charge in [-0.1, -0.05) is 6.92 Å². The summed E-state index contributed by atoms with van der Waals surface area (Å²) in [6, 6.07) is 0.0389. The van der Waals surface area contributed by atoms with E-state index in [1.807, 2.05) is 11.8 Å². The molecule has 2 rings (SSSR count). The Balaban J connectivity index is 1.82. The number of carbonyl (C=O) groups excluding carboxylic acids is 1. The maximum absolute atomic E-state index is 11.8. The second-order valence-electron chi connectivity index (χ2n) is 4.65. The molecule has 0 unspecified atom stereocenters. The van der Waals surface area contributed by atoms with Gasteiger partial charge in [-0.15, -0.1) is 10.2 Å². The van der Waals surface area contributed by atoms with Crippen molar-refractivity contribution in [3.63, 3.8) is 0 Å². The van der Waals surface area contributed by atoms with Crippen molar-refractivity contribution in [2.45, 2.75) is 39.0 Å². The zero-order valence-electron chi connectivity index (χ0n) is 11.0. The van der Waals surface area contributed by atoms with Crippen LogP contribution in [0.2, 0.25) is 0 Å². The summed E-state index contributed by atoms with van der Waals surface area (Å²) in [4.78, 5) is 13.6. The number of urea groups is 1. The van der Waals surface area contributed by atoms with Gasteiger partial charge >= 0.3 is 6.03 Å². The highest BCUT2D eigenvalue weighted by molar-refractivity contribution is 5.74. The predicted molar refractivity (Wildman–Crippen MR) is 66.3 cm³/mol. The number of carbonyl (C=O) groups is 1. The lowest BCUT2D eigenvalue weighted by Gasteiger charge is -2.30. The minimum atomic E-state index is 0.0389. The summed E-state index contributed by atoms with van der Waals surface area (Å²) in [5.74, 6) is 1.61. The van der Waals surface area contributed by atoms with E-state index >= 15 is 0 Å². The first-order valence-electron chi connectivity index (χ1n) is 6.53. The van der Waals surface area contributed by atoms with Gasteiger partial charge in [0.25, 0.3) is 0 Å². The van der Waals surface area contributed by atoms with Gasteiger partial charge in [-0.3, -0.25) is 0 Å². The summed E-state index contributed by atoms with van der Waals surface area (Å²) in [6.45, 7) is 6.08. The molecule has 100 valence electrons. The molecule has 0 saturated carbocycles. The molecular formula is C12H20N4O2. The number of hydrogen-bond acceptors (Lipinski definition) is 4. The molecular weight excluding hydrogens is 232 g/mol. The van der Waals surface area contributed by atoms with Gasteiger partial charge < -0.3 is 14.6 Å². The fraction of sp³-hybridized carbons (Fsp3) is 0.750. The Bertz CT molecular complexity index is 397. The van der Waals surface area contributed by atoms with Gasteiger partial charge in [0, 0.05) is 32.5 Å². The molecule has 1 saturated heterocycles. The third-order valence-electron chi connectivity index (χ3n) is 3.20. The van der Waals surface area contributed by atoms with Gasteiger partial charge in [-0.05, 0) is 19.3 Å². The standard InChI is InChI=1S/C12H20N4O2/c1-3-6-13-12(17)16-7-4-10(5-8-16)11-15-14-9(2)18-11/h10H,3-8H2,1-2H3,(H,13,17). The highest BCUT2D eigenvalue weighted by atomic mass is 16.4. The molecule has 0 aliphatic carbocycles. The zero-order chi connectivity index (χ0) is 13.0. The van der Waals surface area contributed by atoms with Crippen LogP contribution in [0.5, 0.6) is 0 Å². The summed E-state index contributed by atoms with van der Waals surface area (Å²) in [5, 5.41) is 10.8. The normalized spacial score (nSPS) is 16.9. The lowest BCUT2D eigenvalue weighted by atomic mass is 9.97. The van der Waals surface area contributed by atoms with Crippen LogP contribution in [0.1, 0.15) is 43.9 Å². The number of nitrogens with zero attached hydrogens (tertiary/aromatic N) is 3. The van der Waals surface area contributed by atoms with Crippen LogP contribution in [0.15, 0.2) is 4.42 Å². The number of likely N-dealkylation sites (tertiary alicyclic amines) is 1. The molecule has 1 fully saturated rings. The molecule has 0 aromatic carbocycles. The summed E-state index contributed by atoms with van der Waals surface area (Å²) in [6.07, 6.45) is 2.74. The molecule has 2 heterocycles. The van der Waals surface area contributed by atoms with Crippen molar-refractivity contribution in [2.24, 2.45) is 0 Å². The van der Waals surface area contributed by atoms with E-state index in [1.165, 1.54) is 0 Å². The number of piperidine rings is 1. The second-order valence-corrected chi connectivity index (χ2v) is 4.65. The van der Waals surface area contributed by atoms with Crippen LogP contribution < -0.4 is 5.32 Å². The van der Waals surface area contributed by atoms with Crippen molar-refractivity contribution in [2.75, 3.05) is 19.6 Å². The third-order valence-corrected chi connectivity index (χ3v) is 3.20. The second kappa shape index (κ2) is 5.84. The lowest BCUT2D eigenvalue weighted by Crippen LogP contribution is -2.44. The van der Waals surface area contributed by atoms with Crippen molar-refractivity contribution in [1.82, 2.24) is 20.4 Å². The van der Waals surface area contributed by atoms with Crippen LogP contribution in [0.3, 0.4) is 0 Å². The molecule has 6 nitrogen and oxygen atoms in total. The number of nitrogens with one attached hydrogen (secondary N) is 1. The monoisotopic (exact) mass is 252 g/mol. The molecule has 6 heteroatoms. The number of amides is 2. The number of aryl methyl sites for hydroxylation is 1. The third kappa shape index (κ3) is 3.00. The smallest absolute Gasteiger partial charge is 0.317 e. The molecule has 0 radical (unpaired) electrons. The van der Waals surface area contributed by atoms with E-state index in [-0.39, 0.29) is 6.03 Å². The van der Waals surface area contributed by atoms with Gasteiger partial charge in [-0.25, -0.2) is 4.79 Å². The molecule has 1 aliphatic heterocycles. The van der Waals surface area contributed by atoms with Gasteiger partial charge in [0.05, 0.1) is 0 Å². The summed E-state index contributed by atoms with van der Waals surface area (Å²) in [5.41, 5.74) is 0. The Hall–Kier alpha value is -1.59. The highest BCUT2D eigenvalue weighted by Gasteiger charge is 2.26. The van der Waals surface area contributed by atoms with Crippen molar-refractivity contribution < 1.29 is 9.21 Å².